The highest BCUT2D eigenvalue weighted by Crippen LogP contribution is 2.31. The van der Waals surface area contributed by atoms with Crippen molar-refractivity contribution in [2.45, 2.75) is 51.7 Å². The Morgan fingerprint density at radius 1 is 1.50 bits per heavy atom. The monoisotopic (exact) mass is 311 g/mol. The summed E-state index contributed by atoms with van der Waals surface area (Å²) in [5.41, 5.74) is 2.55. The zero-order valence-corrected chi connectivity index (χ0v) is 13.0. The van der Waals surface area contributed by atoms with Gasteiger partial charge in [-0.3, -0.25) is 0 Å². The zero-order chi connectivity index (χ0) is 13.2. The number of rotatable bonds is 3. The summed E-state index contributed by atoms with van der Waals surface area (Å²) in [5, 5.41) is 3.67. The molecular weight excluding hydrogens is 290 g/mol. The Bertz CT molecular complexity index is 421. The van der Waals surface area contributed by atoms with E-state index in [9.17, 15) is 0 Å². The van der Waals surface area contributed by atoms with Gasteiger partial charge in [0.25, 0.3) is 0 Å². The summed E-state index contributed by atoms with van der Waals surface area (Å²) in [7, 11) is 0. The van der Waals surface area contributed by atoms with E-state index in [0.717, 1.165) is 30.3 Å². The van der Waals surface area contributed by atoms with Gasteiger partial charge in [-0.1, -0.05) is 28.9 Å². The van der Waals surface area contributed by atoms with Crippen molar-refractivity contribution < 1.29 is 4.74 Å². The van der Waals surface area contributed by atoms with Gasteiger partial charge in [0, 0.05) is 22.8 Å². The Kier molecular flexibility index (Phi) is 4.33. The van der Waals surface area contributed by atoms with E-state index < -0.39 is 0 Å². The van der Waals surface area contributed by atoms with Gasteiger partial charge in [-0.15, -0.1) is 0 Å². The summed E-state index contributed by atoms with van der Waals surface area (Å²) in [6, 6.07) is 6.83. The molecule has 2 unspecified atom stereocenters. The van der Waals surface area contributed by atoms with Crippen molar-refractivity contribution in [3.63, 3.8) is 0 Å². The minimum Gasteiger partial charge on any atom is -0.382 e. The predicted molar refractivity (Wildman–Crippen MR) is 80.2 cm³/mol. The van der Waals surface area contributed by atoms with Crippen LogP contribution in [-0.2, 0) is 4.74 Å². The topological polar surface area (TPSA) is 21.3 Å². The molecule has 1 saturated heterocycles. The summed E-state index contributed by atoms with van der Waals surface area (Å²) in [5.74, 6) is 0. The molecule has 0 bridgehead atoms. The van der Waals surface area contributed by atoms with Gasteiger partial charge in [0.15, 0.2) is 0 Å². The minimum absolute atomic E-state index is 0.0375. The fraction of sp³-hybridized carbons (Fsp3) is 0.600. The maximum absolute atomic E-state index is 5.89. The van der Waals surface area contributed by atoms with Crippen molar-refractivity contribution >= 4 is 21.6 Å². The molecule has 1 aromatic carbocycles. The van der Waals surface area contributed by atoms with Gasteiger partial charge in [0.05, 0.1) is 5.60 Å². The molecule has 3 heteroatoms. The molecule has 2 nitrogen and oxygen atoms in total. The highest BCUT2D eigenvalue weighted by Gasteiger charge is 2.31. The molecule has 2 atom stereocenters. The van der Waals surface area contributed by atoms with Gasteiger partial charge in [0.2, 0.25) is 0 Å². The molecule has 1 fully saturated rings. The Morgan fingerprint density at radius 2 is 2.28 bits per heavy atom. The van der Waals surface area contributed by atoms with Crippen LogP contribution in [0.15, 0.2) is 22.7 Å². The average Bonchev–Trinajstić information content (AvgIpc) is 2.35. The third kappa shape index (κ3) is 3.07. The zero-order valence-electron chi connectivity index (χ0n) is 11.4. The van der Waals surface area contributed by atoms with Crippen LogP contribution in [0.1, 0.15) is 38.7 Å². The third-order valence-electron chi connectivity index (χ3n) is 3.97. The smallest absolute Gasteiger partial charge is 0.0671 e. The Hall–Kier alpha value is -0.540. The molecule has 1 N–H and O–H groups in total. The predicted octanol–water partition coefficient (Wildman–Crippen LogP) is 4.52. The van der Waals surface area contributed by atoms with E-state index in [4.69, 9.17) is 4.74 Å². The molecule has 0 spiro atoms. The maximum atomic E-state index is 5.89. The lowest BCUT2D eigenvalue weighted by atomic mass is 9.89. The standard InChI is InChI=1S/C15H22BrNO/c1-4-15(3)10-12(8-9-18-15)17-14-7-5-6-13(16)11(14)2/h5-7,12,17H,4,8-10H2,1-3H3. The Morgan fingerprint density at radius 3 is 3.00 bits per heavy atom. The lowest BCUT2D eigenvalue weighted by Crippen LogP contribution is -2.41. The summed E-state index contributed by atoms with van der Waals surface area (Å²) in [4.78, 5) is 0. The van der Waals surface area contributed by atoms with Gasteiger partial charge in [-0.05, 0) is 50.8 Å². The molecule has 0 aromatic heterocycles. The van der Waals surface area contributed by atoms with Crippen molar-refractivity contribution in [1.82, 2.24) is 0 Å². The molecular formula is C15H22BrNO. The van der Waals surface area contributed by atoms with Crippen LogP contribution in [0, 0.1) is 6.92 Å². The summed E-state index contributed by atoms with van der Waals surface area (Å²) in [6.07, 6.45) is 3.24. The quantitative estimate of drug-likeness (QED) is 0.886. The Labute approximate surface area is 118 Å². The van der Waals surface area contributed by atoms with Crippen LogP contribution in [0.2, 0.25) is 0 Å². The number of hydrogen-bond donors (Lipinski definition) is 1. The summed E-state index contributed by atoms with van der Waals surface area (Å²) in [6.45, 7) is 7.42. The SMILES string of the molecule is CCC1(C)CC(Nc2cccc(Br)c2C)CCO1. The summed E-state index contributed by atoms with van der Waals surface area (Å²) < 4.78 is 7.05. The molecule has 1 aliphatic rings. The normalized spacial score (nSPS) is 28.1. The van der Waals surface area contributed by atoms with Crippen molar-refractivity contribution in [2.75, 3.05) is 11.9 Å². The van der Waals surface area contributed by atoms with Crippen LogP contribution in [0.5, 0.6) is 0 Å². The number of anilines is 1. The second-order valence-corrected chi connectivity index (χ2v) is 6.25. The first-order chi connectivity index (χ1) is 8.54. The van der Waals surface area contributed by atoms with E-state index in [1.54, 1.807) is 0 Å². The van der Waals surface area contributed by atoms with Crippen LogP contribution in [0.3, 0.4) is 0 Å². The molecule has 100 valence electrons. The number of ether oxygens (including phenoxy) is 1. The van der Waals surface area contributed by atoms with E-state index in [1.807, 2.05) is 0 Å². The van der Waals surface area contributed by atoms with Crippen molar-refractivity contribution in [3.05, 3.63) is 28.2 Å². The largest absolute Gasteiger partial charge is 0.382 e. The molecule has 0 aliphatic carbocycles. The van der Waals surface area contributed by atoms with E-state index in [1.165, 1.54) is 11.3 Å². The van der Waals surface area contributed by atoms with E-state index in [-0.39, 0.29) is 5.60 Å². The lowest BCUT2D eigenvalue weighted by Gasteiger charge is -2.38. The number of halogens is 1. The molecule has 18 heavy (non-hydrogen) atoms. The van der Waals surface area contributed by atoms with Crippen LogP contribution < -0.4 is 5.32 Å². The van der Waals surface area contributed by atoms with Crippen molar-refractivity contribution in [2.24, 2.45) is 0 Å². The molecule has 2 rings (SSSR count). The number of benzene rings is 1. The minimum atomic E-state index is 0.0375. The third-order valence-corrected chi connectivity index (χ3v) is 4.83. The lowest BCUT2D eigenvalue weighted by molar-refractivity contribution is -0.0708. The van der Waals surface area contributed by atoms with E-state index in [2.05, 4.69) is 60.2 Å². The molecule has 0 saturated carbocycles. The van der Waals surface area contributed by atoms with Crippen LogP contribution in [0.4, 0.5) is 5.69 Å². The van der Waals surface area contributed by atoms with E-state index in [0.29, 0.717) is 6.04 Å². The first kappa shape index (κ1) is 13.9. The fourth-order valence-corrected chi connectivity index (χ4v) is 2.85. The molecule has 1 aromatic rings. The van der Waals surface area contributed by atoms with Gasteiger partial charge < -0.3 is 10.1 Å². The Balaban J connectivity index is 2.07. The van der Waals surface area contributed by atoms with E-state index >= 15 is 0 Å². The van der Waals surface area contributed by atoms with Crippen LogP contribution in [0.25, 0.3) is 0 Å². The number of nitrogens with one attached hydrogen (secondary N) is 1. The second-order valence-electron chi connectivity index (χ2n) is 5.40. The first-order valence-corrected chi connectivity index (χ1v) is 7.49. The van der Waals surface area contributed by atoms with Crippen LogP contribution in [-0.4, -0.2) is 18.2 Å². The van der Waals surface area contributed by atoms with Crippen molar-refractivity contribution in [1.29, 1.82) is 0 Å². The van der Waals surface area contributed by atoms with Crippen molar-refractivity contribution in [3.8, 4) is 0 Å². The first-order valence-electron chi connectivity index (χ1n) is 6.70. The summed E-state index contributed by atoms with van der Waals surface area (Å²) >= 11 is 3.58. The average molecular weight is 312 g/mol. The molecule has 1 heterocycles. The van der Waals surface area contributed by atoms with Crippen LogP contribution >= 0.6 is 15.9 Å². The van der Waals surface area contributed by atoms with Gasteiger partial charge in [-0.2, -0.15) is 0 Å². The highest BCUT2D eigenvalue weighted by molar-refractivity contribution is 9.10. The fourth-order valence-electron chi connectivity index (χ4n) is 2.48. The molecule has 0 radical (unpaired) electrons. The molecule has 0 amide bonds. The second kappa shape index (κ2) is 5.62. The van der Waals surface area contributed by atoms with Gasteiger partial charge in [0.1, 0.15) is 0 Å². The molecule has 1 aliphatic heterocycles. The maximum Gasteiger partial charge on any atom is 0.0671 e. The van der Waals surface area contributed by atoms with Gasteiger partial charge >= 0.3 is 0 Å². The number of hydrogen-bond acceptors (Lipinski definition) is 2. The highest BCUT2D eigenvalue weighted by atomic mass is 79.9. The van der Waals surface area contributed by atoms with Gasteiger partial charge in [-0.25, -0.2) is 0 Å².